The molecule has 1 amide bonds. The molecule has 0 aliphatic carbocycles. The molecule has 0 radical (unpaired) electrons. The largest absolute Gasteiger partial charge is 0.355 e. The van der Waals surface area contributed by atoms with E-state index in [1.807, 2.05) is 42.5 Å². The summed E-state index contributed by atoms with van der Waals surface area (Å²) in [5, 5.41) is 6.05. The lowest BCUT2D eigenvalue weighted by molar-refractivity contribution is 0.102. The molecule has 0 aliphatic rings. The van der Waals surface area contributed by atoms with Crippen LogP contribution in [0.15, 0.2) is 78.9 Å². The van der Waals surface area contributed by atoms with Crippen LogP contribution >= 0.6 is 0 Å². The third-order valence-corrected chi connectivity index (χ3v) is 4.28. The second kappa shape index (κ2) is 7.92. The second-order valence-electron chi connectivity index (χ2n) is 5.94. The fourth-order valence-corrected chi connectivity index (χ4v) is 3.07. The predicted molar refractivity (Wildman–Crippen MR) is 109 cm³/mol. The van der Waals surface area contributed by atoms with E-state index < -0.39 is 10.0 Å². The van der Waals surface area contributed by atoms with E-state index in [2.05, 4.69) is 15.4 Å². The Labute approximate surface area is 158 Å². The van der Waals surface area contributed by atoms with Crippen molar-refractivity contribution in [2.75, 3.05) is 21.6 Å². The monoisotopic (exact) mass is 381 g/mol. The first kappa shape index (κ1) is 18.5. The summed E-state index contributed by atoms with van der Waals surface area (Å²) in [5.41, 5.74) is 3.07. The Kier molecular flexibility index (Phi) is 5.42. The average Bonchev–Trinajstić information content (AvgIpc) is 2.63. The van der Waals surface area contributed by atoms with Crippen molar-refractivity contribution in [1.29, 1.82) is 0 Å². The summed E-state index contributed by atoms with van der Waals surface area (Å²) in [5.74, 6) is -0.266. The summed E-state index contributed by atoms with van der Waals surface area (Å²) in [6.45, 7) is 0. The minimum Gasteiger partial charge on any atom is -0.355 e. The molecule has 138 valence electrons. The van der Waals surface area contributed by atoms with Gasteiger partial charge in [0.15, 0.2) is 0 Å². The Balaban J connectivity index is 1.75. The van der Waals surface area contributed by atoms with E-state index in [9.17, 15) is 13.2 Å². The molecule has 7 heteroatoms. The Hall–Kier alpha value is -3.32. The Morgan fingerprint density at radius 3 is 2.00 bits per heavy atom. The zero-order chi connectivity index (χ0) is 19.3. The lowest BCUT2D eigenvalue weighted by Gasteiger charge is -2.12. The lowest BCUT2D eigenvalue weighted by atomic mass is 10.1. The maximum absolute atomic E-state index is 12.7. The highest BCUT2D eigenvalue weighted by atomic mass is 32.2. The number of benzene rings is 3. The van der Waals surface area contributed by atoms with Crippen molar-refractivity contribution in [3.05, 3.63) is 84.4 Å². The SMILES string of the molecule is CS(=O)(=O)Nc1ccc(NC(=O)c2ccccc2Nc2ccccc2)cc1. The smallest absolute Gasteiger partial charge is 0.257 e. The number of anilines is 4. The zero-order valence-electron chi connectivity index (χ0n) is 14.6. The minimum atomic E-state index is -3.34. The fraction of sp³-hybridized carbons (Fsp3) is 0.0500. The molecule has 3 N–H and O–H groups in total. The second-order valence-corrected chi connectivity index (χ2v) is 7.69. The molecule has 0 aliphatic heterocycles. The van der Waals surface area contributed by atoms with Gasteiger partial charge in [-0.3, -0.25) is 9.52 Å². The van der Waals surface area contributed by atoms with Crippen molar-refractivity contribution < 1.29 is 13.2 Å². The van der Waals surface area contributed by atoms with Gasteiger partial charge in [-0.1, -0.05) is 30.3 Å². The molecule has 0 spiro atoms. The molecule has 6 nitrogen and oxygen atoms in total. The maximum Gasteiger partial charge on any atom is 0.257 e. The van der Waals surface area contributed by atoms with Crippen LogP contribution in [0.4, 0.5) is 22.7 Å². The first-order chi connectivity index (χ1) is 12.9. The van der Waals surface area contributed by atoms with E-state index in [1.54, 1.807) is 36.4 Å². The van der Waals surface area contributed by atoms with Crippen molar-refractivity contribution in [3.63, 3.8) is 0 Å². The van der Waals surface area contributed by atoms with E-state index >= 15 is 0 Å². The highest BCUT2D eigenvalue weighted by Gasteiger charge is 2.11. The van der Waals surface area contributed by atoms with Crippen LogP contribution in [0.3, 0.4) is 0 Å². The normalized spacial score (nSPS) is 10.9. The molecule has 27 heavy (non-hydrogen) atoms. The quantitative estimate of drug-likeness (QED) is 0.601. The molecular formula is C20H19N3O3S. The summed E-state index contributed by atoms with van der Waals surface area (Å²) in [6.07, 6.45) is 1.08. The summed E-state index contributed by atoms with van der Waals surface area (Å²) >= 11 is 0. The molecule has 0 atom stereocenters. The maximum atomic E-state index is 12.7. The lowest BCUT2D eigenvalue weighted by Crippen LogP contribution is -2.14. The molecule has 0 heterocycles. The van der Waals surface area contributed by atoms with Crippen molar-refractivity contribution >= 4 is 38.7 Å². The third-order valence-electron chi connectivity index (χ3n) is 3.67. The van der Waals surface area contributed by atoms with Crippen LogP contribution in [-0.4, -0.2) is 20.6 Å². The van der Waals surface area contributed by atoms with Gasteiger partial charge >= 0.3 is 0 Å². The standard InChI is InChI=1S/C20H19N3O3S/c1-27(25,26)23-17-13-11-16(12-14-17)22-20(24)18-9-5-6-10-19(18)21-15-7-3-2-4-8-15/h2-14,21,23H,1H3,(H,22,24). The molecule has 3 aromatic rings. The van der Waals surface area contributed by atoms with Crippen LogP contribution in [0.2, 0.25) is 0 Å². The van der Waals surface area contributed by atoms with E-state index in [1.165, 1.54) is 0 Å². The molecule has 0 aromatic heterocycles. The molecule has 3 rings (SSSR count). The predicted octanol–water partition coefficient (Wildman–Crippen LogP) is 4.05. The summed E-state index contributed by atoms with van der Waals surface area (Å²) in [7, 11) is -3.34. The molecule has 3 aromatic carbocycles. The fourth-order valence-electron chi connectivity index (χ4n) is 2.50. The number of amides is 1. The van der Waals surface area contributed by atoms with E-state index in [0.29, 0.717) is 22.6 Å². The molecule has 0 saturated heterocycles. The number of hydrogen-bond donors (Lipinski definition) is 3. The molecule has 0 saturated carbocycles. The first-order valence-corrected chi connectivity index (χ1v) is 10.1. The van der Waals surface area contributed by atoms with E-state index in [0.717, 1.165) is 11.9 Å². The first-order valence-electron chi connectivity index (χ1n) is 8.21. The highest BCUT2D eigenvalue weighted by Crippen LogP contribution is 2.22. The zero-order valence-corrected chi connectivity index (χ0v) is 15.5. The Morgan fingerprint density at radius 2 is 1.33 bits per heavy atom. The highest BCUT2D eigenvalue weighted by molar-refractivity contribution is 7.92. The van der Waals surface area contributed by atoms with E-state index in [4.69, 9.17) is 0 Å². The van der Waals surface area contributed by atoms with Crippen LogP contribution in [0.5, 0.6) is 0 Å². The van der Waals surface area contributed by atoms with Gasteiger partial charge in [0.2, 0.25) is 10.0 Å². The summed E-state index contributed by atoms with van der Waals surface area (Å²) in [6, 6.07) is 23.3. The van der Waals surface area contributed by atoms with Gasteiger partial charge in [0.1, 0.15) is 0 Å². The number of nitrogens with one attached hydrogen (secondary N) is 3. The van der Waals surface area contributed by atoms with Crippen LogP contribution in [0.1, 0.15) is 10.4 Å². The van der Waals surface area contributed by atoms with Gasteiger partial charge in [-0.25, -0.2) is 8.42 Å². The molecule has 0 unspecified atom stereocenters. The average molecular weight is 381 g/mol. The van der Waals surface area contributed by atoms with Crippen LogP contribution in [0.25, 0.3) is 0 Å². The van der Waals surface area contributed by atoms with Gasteiger partial charge in [0, 0.05) is 17.1 Å². The number of sulfonamides is 1. The van der Waals surface area contributed by atoms with E-state index in [-0.39, 0.29) is 5.91 Å². The number of hydrogen-bond acceptors (Lipinski definition) is 4. The van der Waals surface area contributed by atoms with Crippen molar-refractivity contribution in [2.45, 2.75) is 0 Å². The molecule has 0 bridgehead atoms. The van der Waals surface area contributed by atoms with Gasteiger partial charge in [-0.15, -0.1) is 0 Å². The van der Waals surface area contributed by atoms with Crippen molar-refractivity contribution in [3.8, 4) is 0 Å². The van der Waals surface area contributed by atoms with Gasteiger partial charge < -0.3 is 10.6 Å². The third kappa shape index (κ3) is 5.32. The number of carbonyl (C=O) groups excluding carboxylic acids is 1. The van der Waals surface area contributed by atoms with Gasteiger partial charge in [-0.2, -0.15) is 0 Å². The van der Waals surface area contributed by atoms with Gasteiger partial charge in [0.25, 0.3) is 5.91 Å². The number of carbonyl (C=O) groups is 1. The Morgan fingerprint density at radius 1 is 0.741 bits per heavy atom. The van der Waals surface area contributed by atoms with Crippen molar-refractivity contribution in [2.24, 2.45) is 0 Å². The van der Waals surface area contributed by atoms with Crippen LogP contribution in [-0.2, 0) is 10.0 Å². The van der Waals surface area contributed by atoms with Gasteiger partial charge in [0.05, 0.1) is 17.5 Å². The van der Waals surface area contributed by atoms with Crippen molar-refractivity contribution in [1.82, 2.24) is 0 Å². The summed E-state index contributed by atoms with van der Waals surface area (Å²) < 4.78 is 24.9. The summed E-state index contributed by atoms with van der Waals surface area (Å²) in [4.78, 5) is 12.7. The van der Waals surface area contributed by atoms with Crippen LogP contribution < -0.4 is 15.4 Å². The van der Waals surface area contributed by atoms with Gasteiger partial charge in [-0.05, 0) is 48.5 Å². The van der Waals surface area contributed by atoms with Crippen LogP contribution in [0, 0.1) is 0 Å². The molecule has 0 fully saturated rings. The number of para-hydroxylation sites is 2. The topological polar surface area (TPSA) is 87.3 Å². The number of rotatable bonds is 6. The Bertz CT molecular complexity index is 1030. The minimum absolute atomic E-state index is 0.266. The molecular weight excluding hydrogens is 362 g/mol.